The first-order valence-electron chi connectivity index (χ1n) is 7.56. The average Bonchev–Trinajstić information content (AvgIpc) is 2.56. The van der Waals surface area contributed by atoms with Gasteiger partial charge in [-0.1, -0.05) is 11.6 Å². The standard InChI is InChI=1S/C18H22ClN3O2/c1-12-9-16(17(24-4)10-15(12)19)21-18(23)11-20-13-5-7-14(8-6-13)22(2)3/h5-10,20H,11H2,1-4H3,(H,21,23). The van der Waals surface area contributed by atoms with Gasteiger partial charge in [0.05, 0.1) is 19.3 Å². The van der Waals surface area contributed by atoms with Crippen LogP contribution in [0.1, 0.15) is 5.56 Å². The molecule has 0 spiro atoms. The molecule has 0 radical (unpaired) electrons. The predicted molar refractivity (Wildman–Crippen MR) is 101 cm³/mol. The van der Waals surface area contributed by atoms with Crippen LogP contribution in [0, 0.1) is 6.92 Å². The monoisotopic (exact) mass is 347 g/mol. The molecule has 0 atom stereocenters. The van der Waals surface area contributed by atoms with Crippen molar-refractivity contribution in [3.8, 4) is 5.75 Å². The maximum atomic E-state index is 12.2. The summed E-state index contributed by atoms with van der Waals surface area (Å²) in [4.78, 5) is 14.2. The van der Waals surface area contributed by atoms with E-state index in [4.69, 9.17) is 16.3 Å². The van der Waals surface area contributed by atoms with Crippen LogP contribution in [0.15, 0.2) is 36.4 Å². The van der Waals surface area contributed by atoms with Gasteiger partial charge in [0.1, 0.15) is 5.75 Å². The second kappa shape index (κ2) is 7.93. The van der Waals surface area contributed by atoms with Crippen molar-refractivity contribution in [3.63, 3.8) is 0 Å². The number of methoxy groups -OCH3 is 1. The fraction of sp³-hybridized carbons (Fsp3) is 0.278. The van der Waals surface area contributed by atoms with Gasteiger partial charge < -0.3 is 20.3 Å². The Balaban J connectivity index is 1.97. The minimum Gasteiger partial charge on any atom is -0.495 e. The molecule has 0 aromatic heterocycles. The van der Waals surface area contributed by atoms with Gasteiger partial charge in [-0.05, 0) is 42.8 Å². The molecule has 2 aromatic rings. The Kier molecular flexibility index (Phi) is 5.93. The van der Waals surface area contributed by atoms with E-state index in [1.165, 1.54) is 0 Å². The van der Waals surface area contributed by atoms with Gasteiger partial charge in [-0.3, -0.25) is 4.79 Å². The van der Waals surface area contributed by atoms with Gasteiger partial charge in [-0.25, -0.2) is 0 Å². The smallest absolute Gasteiger partial charge is 0.243 e. The van der Waals surface area contributed by atoms with Crippen LogP contribution in [-0.4, -0.2) is 33.7 Å². The Bertz CT molecular complexity index is 715. The summed E-state index contributed by atoms with van der Waals surface area (Å²) in [5, 5.41) is 6.53. The molecule has 0 unspecified atom stereocenters. The van der Waals surface area contributed by atoms with Crippen molar-refractivity contribution < 1.29 is 9.53 Å². The lowest BCUT2D eigenvalue weighted by Crippen LogP contribution is -2.22. The highest BCUT2D eigenvalue weighted by atomic mass is 35.5. The van der Waals surface area contributed by atoms with Gasteiger partial charge in [-0.15, -0.1) is 0 Å². The van der Waals surface area contributed by atoms with Crippen molar-refractivity contribution in [3.05, 3.63) is 47.0 Å². The number of ether oxygens (including phenoxy) is 1. The van der Waals surface area contributed by atoms with Crippen molar-refractivity contribution >= 4 is 34.6 Å². The fourth-order valence-electron chi connectivity index (χ4n) is 2.18. The van der Waals surface area contributed by atoms with E-state index in [2.05, 4.69) is 10.6 Å². The number of aryl methyl sites for hydroxylation is 1. The maximum Gasteiger partial charge on any atom is 0.243 e. The van der Waals surface area contributed by atoms with E-state index < -0.39 is 0 Å². The average molecular weight is 348 g/mol. The molecule has 5 nitrogen and oxygen atoms in total. The number of amides is 1. The molecule has 2 aromatic carbocycles. The molecule has 0 aliphatic carbocycles. The Morgan fingerprint density at radius 1 is 1.21 bits per heavy atom. The minimum atomic E-state index is -0.160. The van der Waals surface area contributed by atoms with Crippen molar-refractivity contribution in [1.82, 2.24) is 0 Å². The van der Waals surface area contributed by atoms with Gasteiger partial charge in [0, 0.05) is 36.6 Å². The van der Waals surface area contributed by atoms with Crippen molar-refractivity contribution in [2.75, 3.05) is 43.3 Å². The third kappa shape index (κ3) is 4.55. The van der Waals surface area contributed by atoms with Crippen LogP contribution in [0.2, 0.25) is 5.02 Å². The number of nitrogens with one attached hydrogen (secondary N) is 2. The van der Waals surface area contributed by atoms with Gasteiger partial charge in [0.15, 0.2) is 0 Å². The molecular weight excluding hydrogens is 326 g/mol. The minimum absolute atomic E-state index is 0.159. The third-order valence-corrected chi connectivity index (χ3v) is 4.00. The predicted octanol–water partition coefficient (Wildman–Crippen LogP) is 3.77. The summed E-state index contributed by atoms with van der Waals surface area (Å²) in [6.07, 6.45) is 0. The van der Waals surface area contributed by atoms with Crippen LogP contribution in [-0.2, 0) is 4.79 Å². The zero-order valence-electron chi connectivity index (χ0n) is 14.3. The maximum absolute atomic E-state index is 12.2. The molecule has 0 saturated heterocycles. The highest BCUT2D eigenvalue weighted by molar-refractivity contribution is 6.31. The van der Waals surface area contributed by atoms with Crippen LogP contribution in [0.3, 0.4) is 0 Å². The first-order chi connectivity index (χ1) is 11.4. The van der Waals surface area contributed by atoms with Crippen LogP contribution < -0.4 is 20.3 Å². The van der Waals surface area contributed by atoms with E-state index in [0.717, 1.165) is 16.9 Å². The molecule has 0 aliphatic heterocycles. The first kappa shape index (κ1) is 17.9. The molecule has 0 bridgehead atoms. The Morgan fingerprint density at radius 3 is 2.46 bits per heavy atom. The molecule has 6 heteroatoms. The lowest BCUT2D eigenvalue weighted by atomic mass is 10.2. The summed E-state index contributed by atoms with van der Waals surface area (Å²) < 4.78 is 5.26. The number of benzene rings is 2. The van der Waals surface area contributed by atoms with Gasteiger partial charge in [0.25, 0.3) is 0 Å². The molecule has 0 fully saturated rings. The molecule has 2 rings (SSSR count). The quantitative estimate of drug-likeness (QED) is 0.835. The number of carbonyl (C=O) groups is 1. The summed E-state index contributed by atoms with van der Waals surface area (Å²) in [5.74, 6) is 0.376. The van der Waals surface area contributed by atoms with E-state index in [-0.39, 0.29) is 12.5 Å². The highest BCUT2D eigenvalue weighted by Gasteiger charge is 2.10. The van der Waals surface area contributed by atoms with Gasteiger partial charge >= 0.3 is 0 Å². The topological polar surface area (TPSA) is 53.6 Å². The van der Waals surface area contributed by atoms with Crippen LogP contribution in [0.5, 0.6) is 5.75 Å². The van der Waals surface area contributed by atoms with Crippen LogP contribution >= 0.6 is 11.6 Å². The van der Waals surface area contributed by atoms with E-state index in [0.29, 0.717) is 16.5 Å². The lowest BCUT2D eigenvalue weighted by molar-refractivity contribution is -0.114. The summed E-state index contributed by atoms with van der Waals surface area (Å²) in [6.45, 7) is 2.04. The number of hydrogen-bond donors (Lipinski definition) is 2. The molecule has 128 valence electrons. The summed E-state index contributed by atoms with van der Waals surface area (Å²) in [7, 11) is 5.51. The zero-order chi connectivity index (χ0) is 17.7. The molecule has 0 saturated carbocycles. The van der Waals surface area contributed by atoms with Crippen molar-refractivity contribution in [2.24, 2.45) is 0 Å². The molecule has 0 aliphatic rings. The lowest BCUT2D eigenvalue weighted by Gasteiger charge is -2.14. The van der Waals surface area contributed by atoms with Crippen LogP contribution in [0.25, 0.3) is 0 Å². The van der Waals surface area contributed by atoms with Crippen LogP contribution in [0.4, 0.5) is 17.1 Å². The second-order valence-electron chi connectivity index (χ2n) is 5.64. The highest BCUT2D eigenvalue weighted by Crippen LogP contribution is 2.30. The number of carbonyl (C=O) groups excluding carboxylic acids is 1. The van der Waals surface area contributed by atoms with E-state index in [9.17, 15) is 4.79 Å². The normalized spacial score (nSPS) is 10.2. The molecule has 24 heavy (non-hydrogen) atoms. The van der Waals surface area contributed by atoms with Gasteiger partial charge in [-0.2, -0.15) is 0 Å². The molecule has 2 N–H and O–H groups in total. The van der Waals surface area contributed by atoms with Crippen molar-refractivity contribution in [1.29, 1.82) is 0 Å². The summed E-state index contributed by atoms with van der Waals surface area (Å²) in [6, 6.07) is 11.4. The largest absolute Gasteiger partial charge is 0.495 e. The van der Waals surface area contributed by atoms with Gasteiger partial charge in [0.2, 0.25) is 5.91 Å². The van der Waals surface area contributed by atoms with E-state index >= 15 is 0 Å². The number of hydrogen-bond acceptors (Lipinski definition) is 4. The number of halogens is 1. The van der Waals surface area contributed by atoms with Crippen molar-refractivity contribution in [2.45, 2.75) is 6.92 Å². The SMILES string of the molecule is COc1cc(Cl)c(C)cc1NC(=O)CNc1ccc(N(C)C)cc1. The van der Waals surface area contributed by atoms with E-state index in [1.54, 1.807) is 19.2 Å². The Morgan fingerprint density at radius 2 is 1.88 bits per heavy atom. The summed E-state index contributed by atoms with van der Waals surface area (Å²) in [5.41, 5.74) is 3.47. The number of rotatable bonds is 6. The number of anilines is 3. The molecular formula is C18H22ClN3O2. The zero-order valence-corrected chi connectivity index (χ0v) is 15.1. The Labute approximate surface area is 147 Å². The number of nitrogens with zero attached hydrogens (tertiary/aromatic N) is 1. The molecule has 1 amide bonds. The fourth-order valence-corrected chi connectivity index (χ4v) is 2.34. The second-order valence-corrected chi connectivity index (χ2v) is 6.05. The first-order valence-corrected chi connectivity index (χ1v) is 7.93. The Hall–Kier alpha value is -2.40. The third-order valence-electron chi connectivity index (χ3n) is 3.59. The van der Waals surface area contributed by atoms with E-state index in [1.807, 2.05) is 50.2 Å². The molecule has 0 heterocycles. The summed E-state index contributed by atoms with van der Waals surface area (Å²) >= 11 is 6.07.